The minimum Gasteiger partial charge on any atom is -0.493 e. The molecule has 1 fully saturated rings. The molecule has 0 spiro atoms. The third kappa shape index (κ3) is 4.64. The number of amides is 1. The van der Waals surface area contributed by atoms with E-state index < -0.39 is 10.0 Å². The molecule has 1 unspecified atom stereocenters. The smallest absolute Gasteiger partial charge is 0.254 e. The molecule has 0 aliphatic carbocycles. The van der Waals surface area contributed by atoms with Crippen LogP contribution in [0.15, 0.2) is 36.4 Å². The predicted molar refractivity (Wildman–Crippen MR) is 112 cm³/mol. The van der Waals surface area contributed by atoms with Crippen molar-refractivity contribution in [2.45, 2.75) is 25.8 Å². The highest BCUT2D eigenvalue weighted by Crippen LogP contribution is 2.37. The lowest BCUT2D eigenvalue weighted by molar-refractivity contribution is 0.0735. The predicted octanol–water partition coefficient (Wildman–Crippen LogP) is 3.36. The standard InChI is InChI=1S/C21H26N2O5S/c1-14-7-8-16(12-17(14)22-29(4,25)26)21(24)23-11-5-6-18(23)15-9-10-19(27-2)20(13-15)28-3/h7-10,12-13,18,22H,5-6,11H2,1-4H3. The lowest BCUT2D eigenvalue weighted by atomic mass is 10.0. The average molecular weight is 419 g/mol. The molecular weight excluding hydrogens is 392 g/mol. The van der Waals surface area contributed by atoms with Gasteiger partial charge in [0, 0.05) is 12.1 Å². The van der Waals surface area contributed by atoms with Crippen LogP contribution in [0.5, 0.6) is 11.5 Å². The summed E-state index contributed by atoms with van der Waals surface area (Å²) >= 11 is 0. The molecule has 1 atom stereocenters. The number of nitrogens with one attached hydrogen (secondary N) is 1. The number of hydrogen-bond donors (Lipinski definition) is 1. The van der Waals surface area contributed by atoms with E-state index in [1.54, 1.807) is 39.3 Å². The van der Waals surface area contributed by atoms with Gasteiger partial charge in [-0.1, -0.05) is 12.1 Å². The minimum atomic E-state index is -3.43. The van der Waals surface area contributed by atoms with E-state index in [-0.39, 0.29) is 11.9 Å². The number of carbonyl (C=O) groups is 1. The Hall–Kier alpha value is -2.74. The number of hydrogen-bond acceptors (Lipinski definition) is 5. The Morgan fingerprint density at radius 1 is 1.10 bits per heavy atom. The molecule has 29 heavy (non-hydrogen) atoms. The van der Waals surface area contributed by atoms with Gasteiger partial charge < -0.3 is 14.4 Å². The monoisotopic (exact) mass is 418 g/mol. The van der Waals surface area contributed by atoms with Gasteiger partial charge in [0.25, 0.3) is 5.91 Å². The summed E-state index contributed by atoms with van der Waals surface area (Å²) in [6.07, 6.45) is 2.83. The summed E-state index contributed by atoms with van der Waals surface area (Å²) in [5, 5.41) is 0. The third-order valence-electron chi connectivity index (χ3n) is 5.09. The number of benzene rings is 2. The molecule has 2 aromatic rings. The SMILES string of the molecule is COc1ccc(C2CCCN2C(=O)c2ccc(C)c(NS(C)(=O)=O)c2)cc1OC. The van der Waals surface area contributed by atoms with Crippen LogP contribution in [0, 0.1) is 6.92 Å². The van der Waals surface area contributed by atoms with Gasteiger partial charge in [-0.25, -0.2) is 8.42 Å². The summed E-state index contributed by atoms with van der Waals surface area (Å²) in [7, 11) is -0.259. The molecule has 7 nitrogen and oxygen atoms in total. The van der Waals surface area contributed by atoms with Crippen LogP contribution in [0.1, 0.15) is 40.4 Å². The maximum atomic E-state index is 13.2. The van der Waals surface area contributed by atoms with E-state index in [1.165, 1.54) is 0 Å². The Bertz CT molecular complexity index is 1020. The first-order chi connectivity index (χ1) is 13.7. The topological polar surface area (TPSA) is 84.9 Å². The highest BCUT2D eigenvalue weighted by molar-refractivity contribution is 7.92. The first-order valence-electron chi connectivity index (χ1n) is 9.35. The molecule has 1 N–H and O–H groups in total. The van der Waals surface area contributed by atoms with Gasteiger partial charge in [-0.15, -0.1) is 0 Å². The van der Waals surface area contributed by atoms with Crippen molar-refractivity contribution in [1.82, 2.24) is 4.90 Å². The van der Waals surface area contributed by atoms with Crippen LogP contribution in [-0.2, 0) is 10.0 Å². The molecule has 0 saturated carbocycles. The summed E-state index contributed by atoms with van der Waals surface area (Å²) in [5.41, 5.74) is 2.61. The van der Waals surface area contributed by atoms with E-state index in [0.717, 1.165) is 30.2 Å². The van der Waals surface area contributed by atoms with Gasteiger partial charge in [0.1, 0.15) is 0 Å². The number of carbonyl (C=O) groups excluding carboxylic acids is 1. The lowest BCUT2D eigenvalue weighted by Gasteiger charge is -2.26. The Morgan fingerprint density at radius 3 is 2.48 bits per heavy atom. The molecule has 156 valence electrons. The largest absolute Gasteiger partial charge is 0.493 e. The number of rotatable bonds is 6. The van der Waals surface area contributed by atoms with Crippen LogP contribution in [0.3, 0.4) is 0 Å². The summed E-state index contributed by atoms with van der Waals surface area (Å²) < 4.78 is 36.4. The van der Waals surface area contributed by atoms with Gasteiger partial charge in [-0.2, -0.15) is 0 Å². The second kappa shape index (κ2) is 8.32. The van der Waals surface area contributed by atoms with E-state index in [1.807, 2.05) is 23.1 Å². The summed E-state index contributed by atoms with van der Waals surface area (Å²) in [4.78, 5) is 15.1. The molecule has 1 amide bonds. The van der Waals surface area contributed by atoms with Crippen molar-refractivity contribution in [1.29, 1.82) is 0 Å². The first kappa shape index (κ1) is 21.0. The molecule has 3 rings (SSSR count). The van der Waals surface area contributed by atoms with Crippen LogP contribution in [0.2, 0.25) is 0 Å². The second-order valence-corrected chi connectivity index (χ2v) is 8.92. The average Bonchev–Trinajstić information content (AvgIpc) is 3.17. The summed E-state index contributed by atoms with van der Waals surface area (Å²) in [5.74, 6) is 1.14. The number of likely N-dealkylation sites (tertiary alicyclic amines) is 1. The highest BCUT2D eigenvalue weighted by Gasteiger charge is 2.31. The zero-order valence-corrected chi connectivity index (χ0v) is 17.9. The fourth-order valence-corrected chi connectivity index (χ4v) is 4.27. The van der Waals surface area contributed by atoms with Crippen LogP contribution in [0.25, 0.3) is 0 Å². The van der Waals surface area contributed by atoms with E-state index in [9.17, 15) is 13.2 Å². The molecule has 1 aliphatic rings. The maximum absolute atomic E-state index is 13.2. The lowest BCUT2D eigenvalue weighted by Crippen LogP contribution is -2.30. The first-order valence-corrected chi connectivity index (χ1v) is 11.2. The highest BCUT2D eigenvalue weighted by atomic mass is 32.2. The van der Waals surface area contributed by atoms with Gasteiger partial charge in [0.05, 0.1) is 32.2 Å². The number of ether oxygens (including phenoxy) is 2. The number of sulfonamides is 1. The second-order valence-electron chi connectivity index (χ2n) is 7.17. The van der Waals surface area contributed by atoms with E-state index >= 15 is 0 Å². The van der Waals surface area contributed by atoms with E-state index in [0.29, 0.717) is 29.3 Å². The zero-order chi connectivity index (χ0) is 21.2. The maximum Gasteiger partial charge on any atom is 0.254 e. The Labute approximate surface area is 171 Å². The van der Waals surface area contributed by atoms with Crippen molar-refractivity contribution in [3.8, 4) is 11.5 Å². The van der Waals surface area contributed by atoms with Gasteiger partial charge in [-0.05, 0) is 55.2 Å². The van der Waals surface area contributed by atoms with Crippen molar-refractivity contribution in [2.24, 2.45) is 0 Å². The summed E-state index contributed by atoms with van der Waals surface area (Å²) in [6, 6.07) is 10.7. The van der Waals surface area contributed by atoms with Crippen LogP contribution < -0.4 is 14.2 Å². The van der Waals surface area contributed by atoms with Crippen molar-refractivity contribution < 1.29 is 22.7 Å². The third-order valence-corrected chi connectivity index (χ3v) is 5.68. The van der Waals surface area contributed by atoms with E-state index in [4.69, 9.17) is 9.47 Å². The molecule has 0 aromatic heterocycles. The molecular formula is C21H26N2O5S. The van der Waals surface area contributed by atoms with Crippen molar-refractivity contribution in [3.05, 3.63) is 53.1 Å². The zero-order valence-electron chi connectivity index (χ0n) is 17.1. The van der Waals surface area contributed by atoms with Gasteiger partial charge in [0.15, 0.2) is 11.5 Å². The molecule has 1 saturated heterocycles. The molecule has 2 aromatic carbocycles. The number of nitrogens with zero attached hydrogens (tertiary/aromatic N) is 1. The molecule has 1 heterocycles. The molecule has 0 bridgehead atoms. The normalized spacial score (nSPS) is 16.6. The molecule has 8 heteroatoms. The summed E-state index contributed by atoms with van der Waals surface area (Å²) in [6.45, 7) is 2.44. The molecule has 1 aliphatic heterocycles. The number of anilines is 1. The van der Waals surface area contributed by atoms with Crippen molar-refractivity contribution >= 4 is 21.6 Å². The Kier molecular flexibility index (Phi) is 6.02. The van der Waals surface area contributed by atoms with Crippen LogP contribution in [-0.4, -0.2) is 46.2 Å². The van der Waals surface area contributed by atoms with Crippen LogP contribution >= 0.6 is 0 Å². The van der Waals surface area contributed by atoms with Gasteiger partial charge in [0.2, 0.25) is 10.0 Å². The fourth-order valence-electron chi connectivity index (χ4n) is 3.65. The van der Waals surface area contributed by atoms with Gasteiger partial charge in [-0.3, -0.25) is 9.52 Å². The van der Waals surface area contributed by atoms with Crippen molar-refractivity contribution in [2.75, 3.05) is 31.7 Å². The Balaban J connectivity index is 1.90. The Morgan fingerprint density at radius 2 is 1.83 bits per heavy atom. The van der Waals surface area contributed by atoms with E-state index in [2.05, 4.69) is 4.72 Å². The number of aryl methyl sites for hydroxylation is 1. The van der Waals surface area contributed by atoms with Crippen molar-refractivity contribution in [3.63, 3.8) is 0 Å². The molecule has 0 radical (unpaired) electrons. The van der Waals surface area contributed by atoms with Gasteiger partial charge >= 0.3 is 0 Å². The minimum absolute atomic E-state index is 0.0741. The fraction of sp³-hybridized carbons (Fsp3) is 0.381. The van der Waals surface area contributed by atoms with Crippen LogP contribution in [0.4, 0.5) is 5.69 Å². The number of methoxy groups -OCH3 is 2. The quantitative estimate of drug-likeness (QED) is 0.778.